The molecule has 1 aromatic carbocycles. The van der Waals surface area contributed by atoms with E-state index in [2.05, 4.69) is 21.8 Å². The number of ether oxygens (including phenoxy) is 1. The maximum absolute atomic E-state index is 12.4. The number of likely N-dealkylation sites (N-methyl/N-ethyl adjacent to an activating group) is 1. The van der Waals surface area contributed by atoms with Crippen molar-refractivity contribution < 1.29 is 19.4 Å². The predicted octanol–water partition coefficient (Wildman–Crippen LogP) is 1.75. The molecule has 154 valence electrons. The number of benzene rings is 1. The zero-order chi connectivity index (χ0) is 21.3. The highest BCUT2D eigenvalue weighted by molar-refractivity contribution is 5.91. The quantitative estimate of drug-likeness (QED) is 0.618. The second kappa shape index (κ2) is 7.88. The number of nitrogens with zero attached hydrogens (tertiary/aromatic N) is 3. The number of aromatic nitrogens is 2. The molecule has 0 saturated carbocycles. The summed E-state index contributed by atoms with van der Waals surface area (Å²) in [5, 5.41) is 10.5. The van der Waals surface area contributed by atoms with E-state index in [1.165, 1.54) is 4.90 Å². The van der Waals surface area contributed by atoms with Gasteiger partial charge in [-0.2, -0.15) is 0 Å². The largest absolute Gasteiger partial charge is 0.461 e. The molecule has 2 heterocycles. The van der Waals surface area contributed by atoms with Gasteiger partial charge in [0, 0.05) is 42.4 Å². The molecule has 0 radical (unpaired) electrons. The Morgan fingerprint density at radius 2 is 2.17 bits per heavy atom. The molecule has 7 nitrogen and oxygen atoms in total. The smallest absolute Gasteiger partial charge is 0.357 e. The zero-order valence-corrected chi connectivity index (χ0v) is 17.1. The highest BCUT2D eigenvalue weighted by Gasteiger charge is 2.42. The van der Waals surface area contributed by atoms with Crippen molar-refractivity contribution in [1.29, 1.82) is 0 Å². The van der Waals surface area contributed by atoms with Gasteiger partial charge in [-0.25, -0.2) is 14.8 Å². The first-order valence-corrected chi connectivity index (χ1v) is 10.1. The van der Waals surface area contributed by atoms with Crippen molar-refractivity contribution in [1.82, 2.24) is 14.9 Å². The third-order valence-electron chi connectivity index (χ3n) is 5.45. The third kappa shape index (κ3) is 3.66. The van der Waals surface area contributed by atoms with Crippen molar-refractivity contribution in [3.8, 4) is 23.2 Å². The average Bonchev–Trinajstić information content (AvgIpc) is 3.33. The lowest BCUT2D eigenvalue weighted by Crippen LogP contribution is -2.37. The van der Waals surface area contributed by atoms with E-state index >= 15 is 0 Å². The molecule has 1 aliphatic heterocycles. The van der Waals surface area contributed by atoms with Crippen LogP contribution in [0, 0.1) is 11.8 Å². The number of rotatable bonds is 3. The Balaban J connectivity index is 1.69. The second-order valence-electron chi connectivity index (χ2n) is 7.56. The van der Waals surface area contributed by atoms with Crippen molar-refractivity contribution >= 4 is 11.9 Å². The van der Waals surface area contributed by atoms with Gasteiger partial charge in [0.1, 0.15) is 0 Å². The molecule has 1 fully saturated rings. The molecule has 1 amide bonds. The SMILES string of the molecule is CCOC(=O)c1nc(-c2cccc(C#C[C@]3(O)CCN(C)C3=O)c2)nc2c1CCC2. The molecule has 1 N–H and O–H groups in total. The Labute approximate surface area is 175 Å². The van der Waals surface area contributed by atoms with Gasteiger partial charge < -0.3 is 14.7 Å². The van der Waals surface area contributed by atoms with Crippen LogP contribution >= 0.6 is 0 Å². The van der Waals surface area contributed by atoms with Crippen molar-refractivity contribution in [2.45, 2.75) is 38.2 Å². The Morgan fingerprint density at radius 3 is 2.90 bits per heavy atom. The van der Waals surface area contributed by atoms with E-state index in [1.807, 2.05) is 12.1 Å². The summed E-state index contributed by atoms with van der Waals surface area (Å²) in [5.41, 5.74) is 1.78. The van der Waals surface area contributed by atoms with Crippen molar-refractivity contribution in [3.05, 3.63) is 46.8 Å². The van der Waals surface area contributed by atoms with Gasteiger partial charge in [-0.05, 0) is 38.3 Å². The first-order valence-electron chi connectivity index (χ1n) is 10.1. The molecule has 2 aromatic rings. The number of hydrogen-bond acceptors (Lipinski definition) is 6. The summed E-state index contributed by atoms with van der Waals surface area (Å²) >= 11 is 0. The Hall–Kier alpha value is -3.24. The summed E-state index contributed by atoms with van der Waals surface area (Å²) in [6.45, 7) is 2.53. The summed E-state index contributed by atoms with van der Waals surface area (Å²) in [7, 11) is 1.65. The van der Waals surface area contributed by atoms with Crippen LogP contribution in [0.3, 0.4) is 0 Å². The van der Waals surface area contributed by atoms with Gasteiger partial charge in [0.25, 0.3) is 5.91 Å². The van der Waals surface area contributed by atoms with E-state index in [1.54, 1.807) is 26.1 Å². The molecular weight excluding hydrogens is 382 g/mol. The molecule has 1 aromatic heterocycles. The maximum Gasteiger partial charge on any atom is 0.357 e. The highest BCUT2D eigenvalue weighted by atomic mass is 16.5. The number of hydrogen-bond donors (Lipinski definition) is 1. The lowest BCUT2D eigenvalue weighted by Gasteiger charge is -2.13. The summed E-state index contributed by atoms with van der Waals surface area (Å²) in [6, 6.07) is 7.25. The van der Waals surface area contributed by atoms with Gasteiger partial charge in [0.05, 0.1) is 6.61 Å². The number of aryl methyl sites for hydroxylation is 1. The minimum absolute atomic E-state index is 0.284. The molecule has 7 heteroatoms. The van der Waals surface area contributed by atoms with Crippen molar-refractivity contribution in [2.24, 2.45) is 0 Å². The standard InChI is InChI=1S/C23H23N3O4/c1-3-30-21(27)19-17-8-5-9-18(17)24-20(25-19)16-7-4-6-15(14-16)10-11-23(29)12-13-26(2)22(23)28/h4,6-7,14,29H,3,5,8-9,12-13H2,1-2H3/t23-/m0/s1. The van der Waals surface area contributed by atoms with Crippen molar-refractivity contribution in [3.63, 3.8) is 0 Å². The van der Waals surface area contributed by atoms with Crippen LogP contribution in [0.4, 0.5) is 0 Å². The van der Waals surface area contributed by atoms with Crippen molar-refractivity contribution in [2.75, 3.05) is 20.2 Å². The van der Waals surface area contributed by atoms with Gasteiger partial charge >= 0.3 is 5.97 Å². The lowest BCUT2D eigenvalue weighted by molar-refractivity contribution is -0.137. The van der Waals surface area contributed by atoms with Crippen LogP contribution in [0.5, 0.6) is 0 Å². The van der Waals surface area contributed by atoms with Crippen LogP contribution in [-0.2, 0) is 22.4 Å². The number of likely N-dealkylation sites (tertiary alicyclic amines) is 1. The van der Waals surface area contributed by atoms with Gasteiger partial charge in [-0.3, -0.25) is 4.79 Å². The van der Waals surface area contributed by atoms with Crippen LogP contribution < -0.4 is 0 Å². The number of esters is 1. The predicted molar refractivity (Wildman–Crippen MR) is 110 cm³/mol. The molecular formula is C23H23N3O4. The van der Waals surface area contributed by atoms with Crippen LogP contribution in [-0.4, -0.2) is 57.7 Å². The minimum atomic E-state index is -1.65. The highest BCUT2D eigenvalue weighted by Crippen LogP contribution is 2.27. The first kappa shape index (κ1) is 20.0. The Morgan fingerprint density at radius 1 is 1.33 bits per heavy atom. The molecule has 2 aliphatic rings. The Bertz CT molecular complexity index is 1090. The van der Waals surface area contributed by atoms with E-state index in [4.69, 9.17) is 4.74 Å². The van der Waals surface area contributed by atoms with Crippen LogP contribution in [0.15, 0.2) is 24.3 Å². The topological polar surface area (TPSA) is 92.6 Å². The van der Waals surface area contributed by atoms with E-state index in [0.717, 1.165) is 30.5 Å². The summed E-state index contributed by atoms with van der Waals surface area (Å²) in [5.74, 6) is 5.25. The maximum atomic E-state index is 12.4. The monoisotopic (exact) mass is 405 g/mol. The first-order chi connectivity index (χ1) is 14.4. The molecule has 1 atom stereocenters. The van der Waals surface area contributed by atoms with Gasteiger partial charge in [0.15, 0.2) is 11.5 Å². The molecule has 30 heavy (non-hydrogen) atoms. The third-order valence-corrected chi connectivity index (χ3v) is 5.45. The van der Waals surface area contributed by atoms with Crippen LogP contribution in [0.1, 0.15) is 47.1 Å². The summed E-state index contributed by atoms with van der Waals surface area (Å²) < 4.78 is 5.18. The normalized spacial score (nSPS) is 20.0. The zero-order valence-electron chi connectivity index (χ0n) is 17.1. The molecule has 1 saturated heterocycles. The van der Waals surface area contributed by atoms with E-state index < -0.39 is 11.6 Å². The van der Waals surface area contributed by atoms with Crippen LogP contribution in [0.2, 0.25) is 0 Å². The molecule has 0 bridgehead atoms. The van der Waals surface area contributed by atoms with Crippen LogP contribution in [0.25, 0.3) is 11.4 Å². The minimum Gasteiger partial charge on any atom is -0.461 e. The average molecular weight is 405 g/mol. The number of aliphatic hydroxyl groups is 1. The summed E-state index contributed by atoms with van der Waals surface area (Å²) in [6.07, 6.45) is 2.80. The Kier molecular flexibility index (Phi) is 5.27. The molecule has 0 unspecified atom stereocenters. The van der Waals surface area contributed by atoms with Gasteiger partial charge in [0.2, 0.25) is 5.60 Å². The molecule has 4 rings (SSSR count). The van der Waals surface area contributed by atoms with E-state index in [0.29, 0.717) is 29.2 Å². The summed E-state index contributed by atoms with van der Waals surface area (Å²) in [4.78, 5) is 35.1. The number of fused-ring (bicyclic) bond motifs is 1. The second-order valence-corrected chi connectivity index (χ2v) is 7.56. The number of carbonyl (C=O) groups is 2. The van der Waals surface area contributed by atoms with E-state index in [-0.39, 0.29) is 18.9 Å². The number of carbonyl (C=O) groups excluding carboxylic acids is 2. The van der Waals surface area contributed by atoms with Gasteiger partial charge in [-0.1, -0.05) is 24.0 Å². The fourth-order valence-corrected chi connectivity index (χ4v) is 3.81. The lowest BCUT2D eigenvalue weighted by atomic mass is 10.0. The molecule has 1 aliphatic carbocycles. The van der Waals surface area contributed by atoms with E-state index in [9.17, 15) is 14.7 Å². The number of amides is 1. The van der Waals surface area contributed by atoms with Gasteiger partial charge in [-0.15, -0.1) is 0 Å². The molecule has 0 spiro atoms. The fraction of sp³-hybridized carbons (Fsp3) is 0.391. The fourth-order valence-electron chi connectivity index (χ4n) is 3.81.